The number of nitro benzene ring substituents is 1. The molecule has 0 amide bonds. The van der Waals surface area contributed by atoms with Crippen molar-refractivity contribution < 1.29 is 17.3 Å². The number of hydrogen-bond acceptors (Lipinski definition) is 5. The van der Waals surface area contributed by atoms with E-state index >= 15 is 0 Å². The van der Waals surface area contributed by atoms with Crippen LogP contribution < -0.4 is 4.74 Å². The molecule has 0 aromatic heterocycles. The quantitative estimate of drug-likeness (QED) is 0.442. The fourth-order valence-corrected chi connectivity index (χ4v) is 5.43. The maximum absolute atomic E-state index is 10.7. The molecular weight excluding hydrogens is 389 g/mol. The summed E-state index contributed by atoms with van der Waals surface area (Å²) in [6.45, 7) is 0. The third-order valence-electron chi connectivity index (χ3n) is 3.94. The average molecular weight is 403 g/mol. The second-order valence-corrected chi connectivity index (χ2v) is 8.22. The first-order valence-corrected chi connectivity index (χ1v) is 9.81. The van der Waals surface area contributed by atoms with Crippen molar-refractivity contribution in [3.63, 3.8) is 0 Å². The molecule has 0 spiro atoms. The minimum absolute atomic E-state index is 0.0635. The predicted molar refractivity (Wildman–Crippen MR) is 92.8 cm³/mol. The third kappa shape index (κ3) is 3.05. The molecule has 4 rings (SSSR count). The van der Waals surface area contributed by atoms with Gasteiger partial charge in [-0.15, -0.1) is 0 Å². The topological polar surface area (TPSA) is 70.8 Å². The molecule has 7 heteroatoms. The Balaban J connectivity index is 1.53. The number of non-ortho nitro benzene ring substituents is 1. The second-order valence-electron chi connectivity index (χ2n) is 5.49. The van der Waals surface area contributed by atoms with Gasteiger partial charge in [0.05, 0.1) is 0 Å². The molecular formula is C18H14NO5Se. The summed E-state index contributed by atoms with van der Waals surface area (Å²) < 4.78 is 18.3. The van der Waals surface area contributed by atoms with Crippen LogP contribution in [0.4, 0.5) is 5.69 Å². The Morgan fingerprint density at radius 3 is 2.44 bits per heavy atom. The van der Waals surface area contributed by atoms with Crippen LogP contribution in [-0.2, 0) is 7.64 Å². The SMILES string of the molecule is COc1ccc(C2C=C3C=C(c4ccc([N+](=O)[O-])cc4)O[Se]3O2)cc1. The van der Waals surface area contributed by atoms with Crippen LogP contribution in [0.25, 0.3) is 5.76 Å². The van der Waals surface area contributed by atoms with Crippen LogP contribution in [-0.4, -0.2) is 26.6 Å². The number of fused-ring (bicyclic) bond motifs is 1. The number of nitro groups is 1. The summed E-state index contributed by atoms with van der Waals surface area (Å²) >= 11 is -1.80. The Hall–Kier alpha value is -2.60. The van der Waals surface area contributed by atoms with Gasteiger partial charge in [0.25, 0.3) is 0 Å². The van der Waals surface area contributed by atoms with Gasteiger partial charge in [0.2, 0.25) is 0 Å². The molecule has 2 aliphatic rings. The van der Waals surface area contributed by atoms with Crippen LogP contribution in [0.1, 0.15) is 17.2 Å². The molecule has 2 aromatic carbocycles. The molecule has 0 fully saturated rings. The zero-order valence-corrected chi connectivity index (χ0v) is 15.0. The molecule has 1 radical (unpaired) electrons. The van der Waals surface area contributed by atoms with E-state index in [1.807, 2.05) is 30.3 Å². The van der Waals surface area contributed by atoms with Crippen LogP contribution in [0.3, 0.4) is 0 Å². The zero-order chi connectivity index (χ0) is 17.4. The van der Waals surface area contributed by atoms with Gasteiger partial charge < -0.3 is 0 Å². The zero-order valence-electron chi connectivity index (χ0n) is 13.2. The van der Waals surface area contributed by atoms with E-state index in [0.29, 0.717) is 5.76 Å². The van der Waals surface area contributed by atoms with Crippen molar-refractivity contribution in [3.8, 4) is 5.75 Å². The van der Waals surface area contributed by atoms with Crippen LogP contribution in [0.15, 0.2) is 65.2 Å². The number of ether oxygens (including phenoxy) is 1. The van der Waals surface area contributed by atoms with Crippen molar-refractivity contribution in [1.29, 1.82) is 0 Å². The van der Waals surface area contributed by atoms with E-state index < -0.39 is 19.5 Å². The first-order chi connectivity index (χ1) is 12.1. The molecule has 0 saturated carbocycles. The summed E-state index contributed by atoms with van der Waals surface area (Å²) in [6, 6.07) is 14.1. The normalized spacial score (nSPS) is 19.0. The van der Waals surface area contributed by atoms with Gasteiger partial charge in [0.15, 0.2) is 0 Å². The summed E-state index contributed by atoms with van der Waals surface area (Å²) in [6.07, 6.45) is 3.93. The molecule has 0 saturated heterocycles. The Bertz CT molecular complexity index is 873. The van der Waals surface area contributed by atoms with Gasteiger partial charge in [-0.05, 0) is 0 Å². The monoisotopic (exact) mass is 404 g/mol. The van der Waals surface area contributed by atoms with Crippen LogP contribution in [0.5, 0.6) is 5.75 Å². The number of hydrogen-bond donors (Lipinski definition) is 0. The van der Waals surface area contributed by atoms with Gasteiger partial charge in [0.1, 0.15) is 0 Å². The van der Waals surface area contributed by atoms with Gasteiger partial charge >= 0.3 is 149 Å². The van der Waals surface area contributed by atoms with E-state index in [1.165, 1.54) is 12.1 Å². The molecule has 2 heterocycles. The van der Waals surface area contributed by atoms with Crippen molar-refractivity contribution in [2.45, 2.75) is 6.10 Å². The summed E-state index contributed by atoms with van der Waals surface area (Å²) in [5.74, 6) is 1.52. The molecule has 0 aliphatic carbocycles. The maximum atomic E-state index is 10.7. The van der Waals surface area contributed by atoms with Gasteiger partial charge in [-0.1, -0.05) is 0 Å². The molecule has 0 bridgehead atoms. The van der Waals surface area contributed by atoms with Gasteiger partial charge in [0, 0.05) is 0 Å². The first-order valence-electron chi connectivity index (χ1n) is 7.56. The third-order valence-corrected chi connectivity index (χ3v) is 6.78. The van der Waals surface area contributed by atoms with Crippen molar-refractivity contribution in [1.82, 2.24) is 0 Å². The molecule has 2 aromatic rings. The summed E-state index contributed by atoms with van der Waals surface area (Å²) in [7, 11) is 1.64. The Labute approximate surface area is 149 Å². The minimum atomic E-state index is -1.80. The van der Waals surface area contributed by atoms with Crippen LogP contribution >= 0.6 is 0 Å². The van der Waals surface area contributed by atoms with Crippen molar-refractivity contribution >= 4 is 26.0 Å². The Kier molecular flexibility index (Phi) is 4.05. The molecule has 1 unspecified atom stereocenters. The van der Waals surface area contributed by atoms with Crippen molar-refractivity contribution in [2.75, 3.05) is 7.11 Å². The van der Waals surface area contributed by atoms with Crippen LogP contribution in [0.2, 0.25) is 0 Å². The van der Waals surface area contributed by atoms with E-state index in [4.69, 9.17) is 12.4 Å². The summed E-state index contributed by atoms with van der Waals surface area (Å²) in [4.78, 5) is 10.3. The summed E-state index contributed by atoms with van der Waals surface area (Å²) in [5, 5.41) is 10.7. The van der Waals surface area contributed by atoms with Crippen molar-refractivity contribution in [3.05, 3.63) is 86.4 Å². The predicted octanol–water partition coefficient (Wildman–Crippen LogP) is 3.70. The standard InChI is InChI=1S/C18H14NO5Se/c1-22-15-8-4-13(5-9-15)18-11-16-10-17(23-25(16)24-18)12-2-6-14(7-3-12)19(20)21/h2-11,18H,1H3. The van der Waals surface area contributed by atoms with Crippen molar-refractivity contribution in [2.24, 2.45) is 0 Å². The number of benzene rings is 2. The van der Waals surface area contributed by atoms with E-state index in [2.05, 4.69) is 6.08 Å². The van der Waals surface area contributed by atoms with Gasteiger partial charge in [-0.2, -0.15) is 0 Å². The average Bonchev–Trinajstić information content (AvgIpc) is 3.21. The number of nitrogens with zero attached hydrogens (tertiary/aromatic N) is 1. The molecule has 1 atom stereocenters. The van der Waals surface area contributed by atoms with Gasteiger partial charge in [-0.3, -0.25) is 0 Å². The molecule has 2 aliphatic heterocycles. The summed E-state index contributed by atoms with van der Waals surface area (Å²) in [5.41, 5.74) is 1.93. The first kappa shape index (κ1) is 15.9. The fraction of sp³-hybridized carbons (Fsp3) is 0.111. The van der Waals surface area contributed by atoms with Crippen LogP contribution in [0, 0.1) is 10.1 Å². The van der Waals surface area contributed by atoms with E-state index in [0.717, 1.165) is 21.3 Å². The van der Waals surface area contributed by atoms with E-state index in [1.54, 1.807) is 19.2 Å². The van der Waals surface area contributed by atoms with E-state index in [9.17, 15) is 10.1 Å². The van der Waals surface area contributed by atoms with E-state index in [-0.39, 0.29) is 11.8 Å². The molecule has 0 N–H and O–H groups in total. The fourth-order valence-electron chi connectivity index (χ4n) is 2.61. The Morgan fingerprint density at radius 1 is 1.12 bits per heavy atom. The molecule has 6 nitrogen and oxygen atoms in total. The second kappa shape index (κ2) is 6.37. The molecule has 25 heavy (non-hydrogen) atoms. The Morgan fingerprint density at radius 2 is 1.84 bits per heavy atom. The number of methoxy groups -OCH3 is 1. The number of allylic oxidation sites excluding steroid dienone is 2. The molecule has 127 valence electrons. The van der Waals surface area contributed by atoms with Gasteiger partial charge in [-0.25, -0.2) is 0 Å². The number of rotatable bonds is 4.